The van der Waals surface area contributed by atoms with Crippen molar-refractivity contribution < 1.29 is 9.53 Å². The molecule has 1 amide bonds. The number of benzene rings is 1. The van der Waals surface area contributed by atoms with E-state index >= 15 is 0 Å². The first-order valence-corrected chi connectivity index (χ1v) is 5.60. The molecule has 8 heteroatoms. The van der Waals surface area contributed by atoms with Gasteiger partial charge in [-0.2, -0.15) is 5.01 Å². The number of rotatable bonds is 3. The predicted molar refractivity (Wildman–Crippen MR) is 65.7 cm³/mol. The summed E-state index contributed by atoms with van der Waals surface area (Å²) in [4.78, 5) is 21.7. The average Bonchev–Trinajstić information content (AvgIpc) is 2.27. The van der Waals surface area contributed by atoms with E-state index < -0.39 is 6.09 Å². The zero-order valence-electron chi connectivity index (χ0n) is 8.61. The molecule has 0 N–H and O–H groups in total. The fourth-order valence-corrected chi connectivity index (χ4v) is 1.52. The smallest absolute Gasteiger partial charge is 0.407 e. The molecule has 0 fully saturated rings. The van der Waals surface area contributed by atoms with Gasteiger partial charge in [0, 0.05) is 12.6 Å². The van der Waals surface area contributed by atoms with Gasteiger partial charge in [0.25, 0.3) is 0 Å². The minimum Gasteiger partial charge on any atom is -0.407 e. The first-order chi connectivity index (χ1) is 7.99. The van der Waals surface area contributed by atoms with E-state index in [9.17, 15) is 9.70 Å². The minimum absolute atomic E-state index is 0.00756. The van der Waals surface area contributed by atoms with Crippen LogP contribution in [0.25, 0.3) is 0 Å². The van der Waals surface area contributed by atoms with Gasteiger partial charge in [-0.15, -0.1) is 4.91 Å². The van der Waals surface area contributed by atoms with E-state index in [1.165, 1.54) is 12.1 Å². The summed E-state index contributed by atoms with van der Waals surface area (Å²) in [6.07, 6.45) is -0.942. The van der Waals surface area contributed by atoms with Gasteiger partial charge in [-0.05, 0) is 13.0 Å². The molecule has 0 saturated heterocycles. The molecule has 0 aliphatic heterocycles. The highest BCUT2D eigenvalue weighted by Gasteiger charge is 2.17. The Balaban J connectivity index is 2.92. The Hall–Kier alpha value is -1.04. The summed E-state index contributed by atoms with van der Waals surface area (Å²) < 4.78 is 4.84. The summed E-state index contributed by atoms with van der Waals surface area (Å²) in [6, 6.07) is 2.61. The van der Waals surface area contributed by atoms with E-state index in [0.717, 1.165) is 0 Å². The Bertz CT molecular complexity index is 453. The zero-order chi connectivity index (χ0) is 13.0. The molecule has 1 aromatic carbocycles. The lowest BCUT2D eigenvalue weighted by Gasteiger charge is -2.12. The molecular weight excluding hydrogens is 290 g/mol. The van der Waals surface area contributed by atoms with Gasteiger partial charge >= 0.3 is 6.09 Å². The van der Waals surface area contributed by atoms with Crippen molar-refractivity contribution in [3.8, 4) is 5.75 Å². The van der Waals surface area contributed by atoms with Gasteiger partial charge in [0.15, 0.2) is 5.75 Å². The van der Waals surface area contributed by atoms with Crippen LogP contribution in [0.5, 0.6) is 5.75 Å². The molecule has 0 spiro atoms. The molecule has 0 bridgehead atoms. The highest BCUT2D eigenvalue weighted by molar-refractivity contribution is 6.43. The Morgan fingerprint density at radius 1 is 1.29 bits per heavy atom. The maximum absolute atomic E-state index is 11.4. The number of hydrogen-bond acceptors (Lipinski definition) is 4. The van der Waals surface area contributed by atoms with Gasteiger partial charge < -0.3 is 4.74 Å². The van der Waals surface area contributed by atoms with Gasteiger partial charge in [-0.25, -0.2) is 4.79 Å². The highest BCUT2D eigenvalue weighted by Crippen LogP contribution is 2.34. The molecular formula is C9H7Cl3N2O3. The average molecular weight is 298 g/mol. The highest BCUT2D eigenvalue weighted by atomic mass is 35.5. The summed E-state index contributed by atoms with van der Waals surface area (Å²) in [5, 5.41) is 3.60. The van der Waals surface area contributed by atoms with Gasteiger partial charge in [0.1, 0.15) is 0 Å². The molecule has 5 nitrogen and oxygen atoms in total. The molecule has 0 aliphatic rings. The first kappa shape index (κ1) is 14.0. The Kier molecular flexibility index (Phi) is 4.99. The van der Waals surface area contributed by atoms with Crippen LogP contribution in [0.1, 0.15) is 6.92 Å². The zero-order valence-corrected chi connectivity index (χ0v) is 10.9. The summed E-state index contributed by atoms with van der Waals surface area (Å²) in [5.74, 6) is 0.00756. The van der Waals surface area contributed by atoms with E-state index in [0.29, 0.717) is 5.01 Å². The number of carbonyl (C=O) groups is 1. The lowest BCUT2D eigenvalue weighted by molar-refractivity contribution is 0.156. The Morgan fingerprint density at radius 3 is 2.41 bits per heavy atom. The monoisotopic (exact) mass is 296 g/mol. The van der Waals surface area contributed by atoms with Crippen molar-refractivity contribution in [2.24, 2.45) is 5.29 Å². The Labute approximate surface area is 112 Å². The van der Waals surface area contributed by atoms with Crippen molar-refractivity contribution in [3.05, 3.63) is 32.1 Å². The first-order valence-electron chi connectivity index (χ1n) is 4.46. The summed E-state index contributed by atoms with van der Waals surface area (Å²) in [7, 11) is 0. The molecule has 0 unspecified atom stereocenters. The van der Waals surface area contributed by atoms with Crippen molar-refractivity contribution in [1.29, 1.82) is 0 Å². The maximum atomic E-state index is 11.4. The van der Waals surface area contributed by atoms with Crippen molar-refractivity contribution in [2.75, 3.05) is 6.54 Å². The molecule has 1 aromatic rings. The molecule has 0 aliphatic carbocycles. The number of ether oxygens (including phenoxy) is 1. The van der Waals surface area contributed by atoms with Crippen molar-refractivity contribution >= 4 is 40.9 Å². The topological polar surface area (TPSA) is 59.0 Å². The van der Waals surface area contributed by atoms with Crippen LogP contribution in [0.4, 0.5) is 4.79 Å². The van der Waals surface area contributed by atoms with Crippen LogP contribution in [0, 0.1) is 4.91 Å². The van der Waals surface area contributed by atoms with Crippen LogP contribution in [0.15, 0.2) is 17.4 Å². The van der Waals surface area contributed by atoms with Crippen molar-refractivity contribution in [3.63, 3.8) is 0 Å². The van der Waals surface area contributed by atoms with Crippen LogP contribution in [-0.4, -0.2) is 17.6 Å². The van der Waals surface area contributed by atoms with Crippen LogP contribution in [0.3, 0.4) is 0 Å². The summed E-state index contributed by atoms with van der Waals surface area (Å²) >= 11 is 17.2. The SMILES string of the molecule is CCN(N=O)C(=O)Oc1cc(Cl)c(Cl)cc1Cl. The second-order valence-electron chi connectivity index (χ2n) is 2.86. The predicted octanol–water partition coefficient (Wildman–Crippen LogP) is 4.15. The van der Waals surface area contributed by atoms with Crippen molar-refractivity contribution in [1.82, 2.24) is 5.01 Å². The lowest BCUT2D eigenvalue weighted by Crippen LogP contribution is -2.28. The van der Waals surface area contributed by atoms with Crippen LogP contribution in [-0.2, 0) is 0 Å². The number of hydrogen-bond donors (Lipinski definition) is 0. The van der Waals surface area contributed by atoms with Gasteiger partial charge in [0.2, 0.25) is 0 Å². The number of nitrogens with zero attached hydrogens (tertiary/aromatic N) is 2. The van der Waals surface area contributed by atoms with Crippen LogP contribution < -0.4 is 4.74 Å². The van der Waals surface area contributed by atoms with E-state index in [4.69, 9.17) is 39.5 Å². The standard InChI is InChI=1S/C9H7Cl3N2O3/c1-2-14(13-16)9(15)17-8-4-6(11)5(10)3-7(8)12/h3-4H,2H2,1H3. The normalized spacial score (nSPS) is 9.88. The minimum atomic E-state index is -0.942. The number of carbonyl (C=O) groups excluding carboxylic acids is 1. The van der Waals surface area contributed by atoms with E-state index in [1.807, 2.05) is 0 Å². The molecule has 0 aromatic heterocycles. The summed E-state index contributed by atoms with van der Waals surface area (Å²) in [6.45, 7) is 1.65. The van der Waals surface area contributed by atoms with Crippen LogP contribution in [0.2, 0.25) is 15.1 Å². The van der Waals surface area contributed by atoms with Crippen LogP contribution >= 0.6 is 34.8 Å². The molecule has 0 saturated carbocycles. The largest absolute Gasteiger partial charge is 0.438 e. The van der Waals surface area contributed by atoms with E-state index in [2.05, 4.69) is 5.29 Å². The second kappa shape index (κ2) is 6.05. The van der Waals surface area contributed by atoms with Gasteiger partial charge in [-0.1, -0.05) is 34.8 Å². The lowest BCUT2D eigenvalue weighted by atomic mass is 10.3. The van der Waals surface area contributed by atoms with Gasteiger partial charge in [0.05, 0.1) is 20.4 Å². The fraction of sp³-hybridized carbons (Fsp3) is 0.222. The third-order valence-corrected chi connectivity index (χ3v) is 2.80. The fourth-order valence-electron chi connectivity index (χ4n) is 0.949. The Morgan fingerprint density at radius 2 is 1.88 bits per heavy atom. The van der Waals surface area contributed by atoms with E-state index in [1.54, 1.807) is 6.92 Å². The summed E-state index contributed by atoms with van der Waals surface area (Å²) in [5.41, 5.74) is 0. The second-order valence-corrected chi connectivity index (χ2v) is 4.08. The molecule has 1 rings (SSSR count). The van der Waals surface area contributed by atoms with E-state index in [-0.39, 0.29) is 27.4 Å². The number of halogens is 3. The molecule has 0 heterocycles. The third kappa shape index (κ3) is 3.46. The number of nitroso groups, excluding NO2 is 1. The molecule has 0 radical (unpaired) electrons. The molecule has 92 valence electrons. The quantitative estimate of drug-likeness (QED) is 0.478. The van der Waals surface area contributed by atoms with Gasteiger partial charge in [-0.3, -0.25) is 0 Å². The number of amides is 1. The van der Waals surface area contributed by atoms with Crippen molar-refractivity contribution in [2.45, 2.75) is 6.92 Å². The third-order valence-electron chi connectivity index (χ3n) is 1.78. The maximum Gasteiger partial charge on any atom is 0.438 e. The molecule has 0 atom stereocenters. The molecule has 17 heavy (non-hydrogen) atoms.